The monoisotopic (exact) mass is 574 g/mol. The van der Waals surface area contributed by atoms with Gasteiger partial charge in [0.15, 0.2) is 5.11 Å². The fourth-order valence-electron chi connectivity index (χ4n) is 4.46. The Kier molecular flexibility index (Phi) is 8.51. The van der Waals surface area contributed by atoms with Crippen molar-refractivity contribution in [3.8, 4) is 0 Å². The Morgan fingerprint density at radius 3 is 1.50 bits per heavy atom. The maximum atomic E-state index is 13.4. The number of hydrogen-bond acceptors (Lipinski definition) is 2. The van der Waals surface area contributed by atoms with Gasteiger partial charge < -0.3 is 15.7 Å². The summed E-state index contributed by atoms with van der Waals surface area (Å²) >= 11 is 5.37. The summed E-state index contributed by atoms with van der Waals surface area (Å²) in [6.07, 6.45) is -9.81. The van der Waals surface area contributed by atoms with Crippen molar-refractivity contribution < 1.29 is 31.4 Å². The van der Waals surface area contributed by atoms with Crippen molar-refractivity contribution in [2.75, 3.05) is 5.32 Å². The number of rotatable bonds is 7. The lowest BCUT2D eigenvalue weighted by Gasteiger charge is -2.38. The molecule has 4 aromatic rings. The molecule has 0 fully saturated rings. The Balaban J connectivity index is 1.74. The topological polar surface area (TPSA) is 44.3 Å². The zero-order valence-corrected chi connectivity index (χ0v) is 21.6. The SMILES string of the molecule is OC(c1ccccc1)(c1ccccc1)[C@H](Cc1ccccc1)NC(=S)Nc1cc(C(F)(F)F)cc(C(F)(F)F)c1. The minimum Gasteiger partial charge on any atom is -0.378 e. The molecule has 0 aliphatic rings. The molecule has 0 radical (unpaired) electrons. The molecule has 4 rings (SSSR count). The van der Waals surface area contributed by atoms with Gasteiger partial charge in [-0.15, -0.1) is 0 Å². The van der Waals surface area contributed by atoms with E-state index in [1.165, 1.54) is 0 Å². The van der Waals surface area contributed by atoms with Crippen molar-refractivity contribution in [1.82, 2.24) is 5.32 Å². The van der Waals surface area contributed by atoms with Crippen LogP contribution in [-0.4, -0.2) is 16.3 Å². The summed E-state index contributed by atoms with van der Waals surface area (Å²) in [5.74, 6) is 0. The van der Waals surface area contributed by atoms with Crippen LogP contribution < -0.4 is 10.6 Å². The van der Waals surface area contributed by atoms with Gasteiger partial charge in [-0.25, -0.2) is 0 Å². The van der Waals surface area contributed by atoms with Crippen molar-refractivity contribution in [2.24, 2.45) is 0 Å². The second kappa shape index (κ2) is 11.7. The van der Waals surface area contributed by atoms with Crippen LogP contribution in [0.25, 0.3) is 0 Å². The summed E-state index contributed by atoms with van der Waals surface area (Å²) in [6.45, 7) is 0. The first kappa shape index (κ1) is 29.1. The van der Waals surface area contributed by atoms with Gasteiger partial charge in [0.2, 0.25) is 0 Å². The molecule has 4 aromatic carbocycles. The number of aliphatic hydroxyl groups is 1. The standard InChI is InChI=1S/C30H24F6N2OS/c31-29(32,33)23-17-24(30(34,35)36)19-25(18-23)37-27(40)38-26(16-20-10-4-1-5-11-20)28(39,21-12-6-2-7-13-21)22-14-8-3-9-15-22/h1-15,17-19,26,39H,16H2,(H2,37,38,40)/t26-/m0/s1. The highest BCUT2D eigenvalue weighted by molar-refractivity contribution is 7.80. The molecule has 0 aromatic heterocycles. The van der Waals surface area contributed by atoms with Gasteiger partial charge in [-0.2, -0.15) is 26.3 Å². The van der Waals surface area contributed by atoms with Crippen LogP contribution >= 0.6 is 12.2 Å². The zero-order valence-electron chi connectivity index (χ0n) is 20.8. The predicted octanol–water partition coefficient (Wildman–Crippen LogP) is 7.56. The van der Waals surface area contributed by atoms with Crippen molar-refractivity contribution >= 4 is 23.0 Å². The molecule has 0 aliphatic heterocycles. The Morgan fingerprint density at radius 2 is 1.07 bits per heavy atom. The summed E-state index contributed by atoms with van der Waals surface area (Å²) in [4.78, 5) is 0. The first-order valence-electron chi connectivity index (χ1n) is 12.1. The molecule has 0 saturated carbocycles. The molecule has 0 aliphatic carbocycles. The van der Waals surface area contributed by atoms with E-state index in [1.807, 2.05) is 30.3 Å². The largest absolute Gasteiger partial charge is 0.416 e. The maximum Gasteiger partial charge on any atom is 0.416 e. The van der Waals surface area contributed by atoms with E-state index in [4.69, 9.17) is 12.2 Å². The fraction of sp³-hybridized carbons (Fsp3) is 0.167. The number of hydrogen-bond donors (Lipinski definition) is 3. The van der Waals surface area contributed by atoms with Gasteiger partial charge in [0, 0.05) is 5.69 Å². The van der Waals surface area contributed by atoms with Crippen LogP contribution in [0.4, 0.5) is 32.0 Å². The average Bonchev–Trinajstić information content (AvgIpc) is 2.92. The van der Waals surface area contributed by atoms with Gasteiger partial charge in [-0.05, 0) is 53.5 Å². The normalized spacial score (nSPS) is 13.0. The highest BCUT2D eigenvalue weighted by Crippen LogP contribution is 2.38. The molecule has 0 bridgehead atoms. The Bertz CT molecular complexity index is 1360. The van der Waals surface area contributed by atoms with Crippen molar-refractivity contribution in [3.05, 3.63) is 137 Å². The van der Waals surface area contributed by atoms with Crippen molar-refractivity contribution in [1.29, 1.82) is 0 Å². The molecule has 0 saturated heterocycles. The summed E-state index contributed by atoms with van der Waals surface area (Å²) in [7, 11) is 0. The molecule has 0 unspecified atom stereocenters. The van der Waals surface area contributed by atoms with E-state index in [1.54, 1.807) is 60.7 Å². The molecular formula is C30H24F6N2OS. The van der Waals surface area contributed by atoms with Crippen LogP contribution in [0.15, 0.2) is 109 Å². The third-order valence-electron chi connectivity index (χ3n) is 6.37. The third kappa shape index (κ3) is 6.81. The first-order valence-corrected chi connectivity index (χ1v) is 12.5. The van der Waals surface area contributed by atoms with Crippen LogP contribution in [0.5, 0.6) is 0 Å². The van der Waals surface area contributed by atoms with Crippen LogP contribution in [-0.2, 0) is 24.4 Å². The highest BCUT2D eigenvalue weighted by atomic mass is 32.1. The fourth-order valence-corrected chi connectivity index (χ4v) is 4.72. The van der Waals surface area contributed by atoms with E-state index < -0.39 is 40.8 Å². The predicted molar refractivity (Wildman–Crippen MR) is 146 cm³/mol. The molecule has 40 heavy (non-hydrogen) atoms. The Labute approximate surface area is 232 Å². The lowest BCUT2D eigenvalue weighted by molar-refractivity contribution is -0.143. The number of alkyl halides is 6. The van der Waals surface area contributed by atoms with Crippen LogP contribution in [0.3, 0.4) is 0 Å². The summed E-state index contributed by atoms with van der Waals surface area (Å²) in [5, 5.41) is 17.5. The van der Waals surface area contributed by atoms with Crippen LogP contribution in [0.2, 0.25) is 0 Å². The summed E-state index contributed by atoms with van der Waals surface area (Å²) in [5.41, 5.74) is -3.31. The van der Waals surface area contributed by atoms with E-state index in [0.29, 0.717) is 23.3 Å². The Hall–Kier alpha value is -3.89. The molecule has 1 atom stereocenters. The second-order valence-electron chi connectivity index (χ2n) is 9.13. The van der Waals surface area contributed by atoms with Gasteiger partial charge in [0.05, 0.1) is 17.2 Å². The first-order chi connectivity index (χ1) is 18.9. The van der Waals surface area contributed by atoms with Crippen molar-refractivity contribution in [2.45, 2.75) is 30.4 Å². The molecular weight excluding hydrogens is 550 g/mol. The lowest BCUT2D eigenvalue weighted by atomic mass is 9.78. The molecule has 0 amide bonds. The molecule has 3 N–H and O–H groups in total. The van der Waals surface area contributed by atoms with Crippen LogP contribution in [0.1, 0.15) is 27.8 Å². The Morgan fingerprint density at radius 1 is 0.650 bits per heavy atom. The lowest BCUT2D eigenvalue weighted by Crippen LogP contribution is -2.53. The van der Waals surface area contributed by atoms with Crippen molar-refractivity contribution in [3.63, 3.8) is 0 Å². The summed E-state index contributed by atoms with van der Waals surface area (Å²) < 4.78 is 80.3. The maximum absolute atomic E-state index is 13.4. The second-order valence-corrected chi connectivity index (χ2v) is 9.54. The number of nitrogens with one attached hydrogen (secondary N) is 2. The number of benzene rings is 4. The third-order valence-corrected chi connectivity index (χ3v) is 6.59. The number of halogens is 6. The van der Waals surface area contributed by atoms with E-state index in [0.717, 1.165) is 5.56 Å². The molecule has 0 spiro atoms. The van der Waals surface area contributed by atoms with Gasteiger partial charge in [0.25, 0.3) is 0 Å². The molecule has 0 heterocycles. The zero-order chi connectivity index (χ0) is 29.0. The summed E-state index contributed by atoms with van der Waals surface area (Å²) in [6, 6.07) is 26.9. The molecule has 208 valence electrons. The van der Waals surface area contributed by atoms with E-state index in [9.17, 15) is 31.4 Å². The van der Waals surface area contributed by atoms with Gasteiger partial charge in [0.1, 0.15) is 5.60 Å². The van der Waals surface area contributed by atoms with Gasteiger partial charge in [-0.1, -0.05) is 91.0 Å². The molecule has 3 nitrogen and oxygen atoms in total. The number of thiocarbonyl (C=S) groups is 1. The quantitative estimate of drug-likeness (QED) is 0.158. The smallest absolute Gasteiger partial charge is 0.378 e. The average molecular weight is 575 g/mol. The molecule has 10 heteroatoms. The van der Waals surface area contributed by atoms with Gasteiger partial charge >= 0.3 is 12.4 Å². The minimum atomic E-state index is -5.01. The van der Waals surface area contributed by atoms with E-state index >= 15 is 0 Å². The highest BCUT2D eigenvalue weighted by Gasteiger charge is 2.41. The van der Waals surface area contributed by atoms with Gasteiger partial charge in [-0.3, -0.25) is 0 Å². The van der Waals surface area contributed by atoms with Crippen LogP contribution in [0, 0.1) is 0 Å². The minimum absolute atomic E-state index is 0.0451. The van der Waals surface area contributed by atoms with E-state index in [-0.39, 0.29) is 17.6 Å². The van der Waals surface area contributed by atoms with E-state index in [2.05, 4.69) is 10.6 Å². The number of anilines is 1.